The standard InChI is InChI=1S/C23H24O2Si/c1-17-5-11-21(12-6-17)26(25-20(4)24,22-13-7-18(2)8-14-22)23-15-9-19(3)10-16-23/h5-16H,1-4H3. The molecule has 0 spiro atoms. The van der Waals surface area contributed by atoms with Crippen LogP contribution in [0.25, 0.3) is 0 Å². The fraction of sp³-hybridized carbons (Fsp3) is 0.174. The van der Waals surface area contributed by atoms with E-state index in [4.69, 9.17) is 4.43 Å². The van der Waals surface area contributed by atoms with E-state index in [0.717, 1.165) is 15.6 Å². The van der Waals surface area contributed by atoms with E-state index >= 15 is 0 Å². The number of hydrogen-bond donors (Lipinski definition) is 0. The summed E-state index contributed by atoms with van der Waals surface area (Å²) in [6.45, 7) is 7.70. The van der Waals surface area contributed by atoms with Gasteiger partial charge in [0, 0.05) is 6.92 Å². The van der Waals surface area contributed by atoms with Gasteiger partial charge in [-0.1, -0.05) is 89.5 Å². The Balaban J connectivity index is 2.33. The maximum atomic E-state index is 12.2. The Morgan fingerprint density at radius 1 is 0.615 bits per heavy atom. The van der Waals surface area contributed by atoms with Gasteiger partial charge in [0.05, 0.1) is 0 Å². The highest BCUT2D eigenvalue weighted by molar-refractivity contribution is 7.07. The third-order valence-corrected chi connectivity index (χ3v) is 8.70. The third-order valence-electron chi connectivity index (χ3n) is 4.67. The van der Waals surface area contributed by atoms with Crippen molar-refractivity contribution in [2.45, 2.75) is 27.7 Å². The van der Waals surface area contributed by atoms with Crippen LogP contribution in [-0.4, -0.2) is 14.3 Å². The lowest BCUT2D eigenvalue weighted by molar-refractivity contribution is -0.132. The number of aryl methyl sites for hydroxylation is 3. The maximum absolute atomic E-state index is 12.2. The molecule has 3 aromatic carbocycles. The van der Waals surface area contributed by atoms with Crippen LogP contribution in [-0.2, 0) is 9.22 Å². The first kappa shape index (κ1) is 18.1. The molecule has 0 saturated carbocycles. The summed E-state index contributed by atoms with van der Waals surface area (Å²) in [5, 5.41) is 3.23. The van der Waals surface area contributed by atoms with Crippen molar-refractivity contribution in [1.82, 2.24) is 0 Å². The molecule has 0 aromatic heterocycles. The lowest BCUT2D eigenvalue weighted by atomic mass is 10.2. The van der Waals surface area contributed by atoms with E-state index < -0.39 is 8.32 Å². The summed E-state index contributed by atoms with van der Waals surface area (Å²) in [4.78, 5) is 12.2. The summed E-state index contributed by atoms with van der Waals surface area (Å²) in [6.07, 6.45) is 0. The second-order valence-corrected chi connectivity index (χ2v) is 10.2. The van der Waals surface area contributed by atoms with Gasteiger partial charge in [0.25, 0.3) is 5.97 Å². The Labute approximate surface area is 156 Å². The van der Waals surface area contributed by atoms with Gasteiger partial charge in [-0.25, -0.2) is 0 Å². The first-order chi connectivity index (χ1) is 12.4. The van der Waals surface area contributed by atoms with Crippen LogP contribution < -0.4 is 15.6 Å². The number of hydrogen-bond acceptors (Lipinski definition) is 2. The van der Waals surface area contributed by atoms with Gasteiger partial charge in [-0.15, -0.1) is 0 Å². The first-order valence-electron chi connectivity index (χ1n) is 8.83. The topological polar surface area (TPSA) is 26.3 Å². The molecule has 0 radical (unpaired) electrons. The van der Waals surface area contributed by atoms with Gasteiger partial charge in [0.15, 0.2) is 0 Å². The largest absolute Gasteiger partial charge is 0.506 e. The molecule has 0 atom stereocenters. The van der Waals surface area contributed by atoms with Gasteiger partial charge in [-0.3, -0.25) is 4.79 Å². The lowest BCUT2D eigenvalue weighted by Crippen LogP contribution is -2.69. The predicted molar refractivity (Wildman–Crippen MR) is 110 cm³/mol. The summed E-state index contributed by atoms with van der Waals surface area (Å²) in [5.74, 6) is -0.251. The molecule has 0 fully saturated rings. The Bertz CT molecular complexity index is 784. The Morgan fingerprint density at radius 2 is 0.885 bits per heavy atom. The summed E-state index contributed by atoms with van der Waals surface area (Å²) >= 11 is 0. The highest BCUT2D eigenvalue weighted by atomic mass is 28.4. The van der Waals surface area contributed by atoms with E-state index in [1.807, 2.05) is 0 Å². The highest BCUT2D eigenvalue weighted by Gasteiger charge is 2.44. The quantitative estimate of drug-likeness (QED) is 0.528. The Morgan fingerprint density at radius 3 is 1.12 bits per heavy atom. The molecular weight excluding hydrogens is 336 g/mol. The highest BCUT2D eigenvalue weighted by Crippen LogP contribution is 2.12. The SMILES string of the molecule is CC(=O)O[Si](c1ccc(C)cc1)(c1ccc(C)cc1)c1ccc(C)cc1. The second-order valence-electron chi connectivity index (χ2n) is 6.87. The fourth-order valence-electron chi connectivity index (χ4n) is 3.26. The first-order valence-corrected chi connectivity index (χ1v) is 10.7. The van der Waals surface area contributed by atoms with E-state index in [2.05, 4.69) is 93.6 Å². The summed E-state index contributed by atoms with van der Waals surface area (Å²) in [7, 11) is -2.91. The minimum absolute atomic E-state index is 0.251. The van der Waals surface area contributed by atoms with Crippen molar-refractivity contribution < 1.29 is 9.22 Å². The molecule has 0 aliphatic rings. The molecular formula is C23H24O2Si. The van der Waals surface area contributed by atoms with Crippen molar-refractivity contribution in [1.29, 1.82) is 0 Å². The molecule has 0 bridgehead atoms. The lowest BCUT2D eigenvalue weighted by Gasteiger charge is -2.32. The second kappa shape index (κ2) is 7.30. The van der Waals surface area contributed by atoms with Crippen LogP contribution in [0.3, 0.4) is 0 Å². The smallest absolute Gasteiger partial charge is 0.350 e. The van der Waals surface area contributed by atoms with Gasteiger partial charge in [-0.2, -0.15) is 0 Å². The average Bonchev–Trinajstić information content (AvgIpc) is 2.62. The molecule has 3 heteroatoms. The number of carbonyl (C=O) groups excluding carboxylic acids is 1. The van der Waals surface area contributed by atoms with Crippen LogP contribution in [0.15, 0.2) is 72.8 Å². The summed E-state index contributed by atoms with van der Waals surface area (Å²) < 4.78 is 6.22. The van der Waals surface area contributed by atoms with Crippen LogP contribution in [0.5, 0.6) is 0 Å². The average molecular weight is 361 g/mol. The monoisotopic (exact) mass is 360 g/mol. The zero-order valence-corrected chi connectivity index (χ0v) is 16.7. The van der Waals surface area contributed by atoms with Crippen molar-refractivity contribution in [3.8, 4) is 0 Å². The van der Waals surface area contributed by atoms with Gasteiger partial charge in [0.2, 0.25) is 0 Å². The number of rotatable bonds is 4. The van der Waals surface area contributed by atoms with Gasteiger partial charge in [0.1, 0.15) is 0 Å². The van der Waals surface area contributed by atoms with Gasteiger partial charge < -0.3 is 4.43 Å². The Kier molecular flexibility index (Phi) is 5.10. The normalized spacial score (nSPS) is 11.2. The van der Waals surface area contributed by atoms with Crippen molar-refractivity contribution in [2.75, 3.05) is 0 Å². The molecule has 3 rings (SSSR count). The summed E-state index contributed by atoms with van der Waals surface area (Å²) in [5.41, 5.74) is 3.56. The van der Waals surface area contributed by atoms with E-state index in [1.165, 1.54) is 23.6 Å². The molecule has 0 N–H and O–H groups in total. The van der Waals surface area contributed by atoms with Gasteiger partial charge >= 0.3 is 8.32 Å². The molecule has 0 heterocycles. The third kappa shape index (κ3) is 3.49. The number of benzene rings is 3. The van der Waals surface area contributed by atoms with Crippen LogP contribution in [0, 0.1) is 20.8 Å². The van der Waals surface area contributed by atoms with E-state index in [0.29, 0.717) is 0 Å². The van der Waals surface area contributed by atoms with Crippen LogP contribution in [0.2, 0.25) is 0 Å². The van der Waals surface area contributed by atoms with E-state index in [1.54, 1.807) is 0 Å². The Hall–Kier alpha value is -2.65. The minimum Gasteiger partial charge on any atom is -0.506 e. The molecule has 3 aromatic rings. The summed E-state index contributed by atoms with van der Waals surface area (Å²) in [6, 6.07) is 25.1. The predicted octanol–water partition coefficient (Wildman–Crippen LogP) is 3.14. The molecule has 0 amide bonds. The van der Waals surface area contributed by atoms with Crippen LogP contribution in [0.1, 0.15) is 23.6 Å². The number of carbonyl (C=O) groups is 1. The molecule has 0 saturated heterocycles. The van der Waals surface area contributed by atoms with Crippen LogP contribution >= 0.6 is 0 Å². The zero-order chi connectivity index (χ0) is 18.7. The van der Waals surface area contributed by atoms with E-state index in [9.17, 15) is 4.79 Å². The minimum atomic E-state index is -2.91. The zero-order valence-electron chi connectivity index (χ0n) is 15.7. The van der Waals surface area contributed by atoms with Crippen LogP contribution in [0.4, 0.5) is 0 Å². The molecule has 132 valence electrons. The van der Waals surface area contributed by atoms with E-state index in [-0.39, 0.29) is 5.97 Å². The molecule has 26 heavy (non-hydrogen) atoms. The van der Waals surface area contributed by atoms with Gasteiger partial charge in [-0.05, 0) is 36.3 Å². The fourth-order valence-corrected chi connectivity index (χ4v) is 6.95. The van der Waals surface area contributed by atoms with Crippen molar-refractivity contribution in [3.05, 3.63) is 89.5 Å². The molecule has 0 unspecified atom stereocenters. The van der Waals surface area contributed by atoms with Crippen molar-refractivity contribution in [3.63, 3.8) is 0 Å². The van der Waals surface area contributed by atoms with Crippen molar-refractivity contribution >= 4 is 29.8 Å². The maximum Gasteiger partial charge on any atom is 0.350 e. The molecule has 2 nitrogen and oxygen atoms in total. The molecule has 0 aliphatic heterocycles. The van der Waals surface area contributed by atoms with Crippen molar-refractivity contribution in [2.24, 2.45) is 0 Å². The molecule has 0 aliphatic carbocycles.